The molecule has 0 aliphatic rings. The van der Waals surface area contributed by atoms with E-state index >= 15 is 0 Å². The molecular formula is C6H12O4. The summed E-state index contributed by atoms with van der Waals surface area (Å²) in [5, 5.41) is 26.2. The van der Waals surface area contributed by atoms with E-state index in [9.17, 15) is 4.79 Å². The summed E-state index contributed by atoms with van der Waals surface area (Å²) < 4.78 is 0. The number of rotatable bonds is 3. The van der Waals surface area contributed by atoms with E-state index in [0.29, 0.717) is 0 Å². The molecule has 4 nitrogen and oxygen atoms in total. The van der Waals surface area contributed by atoms with Crippen LogP contribution in [-0.2, 0) is 4.79 Å². The van der Waals surface area contributed by atoms with Gasteiger partial charge in [-0.05, 0) is 13.3 Å². The molecule has 0 spiro atoms. The summed E-state index contributed by atoms with van der Waals surface area (Å²) in [7, 11) is 0. The largest absolute Gasteiger partial charge is 0.479 e. The second-order valence-corrected chi connectivity index (χ2v) is 2.45. The zero-order chi connectivity index (χ0) is 8.36. The first-order valence-electron chi connectivity index (χ1n) is 3.05. The van der Waals surface area contributed by atoms with E-state index in [-0.39, 0.29) is 6.42 Å². The number of carboxylic acids is 1. The summed E-state index contributed by atoms with van der Waals surface area (Å²) in [6, 6.07) is 0. The van der Waals surface area contributed by atoms with Crippen molar-refractivity contribution in [3.63, 3.8) is 0 Å². The van der Waals surface area contributed by atoms with Crippen LogP contribution < -0.4 is 0 Å². The Morgan fingerprint density at radius 3 is 2.20 bits per heavy atom. The Morgan fingerprint density at radius 1 is 1.70 bits per heavy atom. The summed E-state index contributed by atoms with van der Waals surface area (Å²) in [4.78, 5) is 10.1. The summed E-state index contributed by atoms with van der Waals surface area (Å²) in [6.07, 6.45) is -1.49. The third kappa shape index (κ3) is 1.97. The minimum absolute atomic E-state index is 0.209. The van der Waals surface area contributed by atoms with Gasteiger partial charge in [0.25, 0.3) is 0 Å². The number of hydrogen-bond acceptors (Lipinski definition) is 3. The van der Waals surface area contributed by atoms with Gasteiger partial charge in [0.05, 0.1) is 5.60 Å². The normalized spacial score (nSPS) is 19.6. The molecule has 3 N–H and O–H groups in total. The maximum Gasteiger partial charge on any atom is 0.335 e. The van der Waals surface area contributed by atoms with Gasteiger partial charge in [0.1, 0.15) is 0 Å². The van der Waals surface area contributed by atoms with E-state index in [1.807, 2.05) is 0 Å². The van der Waals surface area contributed by atoms with E-state index in [4.69, 9.17) is 15.3 Å². The van der Waals surface area contributed by atoms with Crippen molar-refractivity contribution in [3.8, 4) is 0 Å². The summed E-state index contributed by atoms with van der Waals surface area (Å²) >= 11 is 0. The lowest BCUT2D eigenvalue weighted by molar-refractivity contribution is -0.161. The predicted molar refractivity (Wildman–Crippen MR) is 34.6 cm³/mol. The monoisotopic (exact) mass is 148 g/mol. The molecular weight excluding hydrogens is 136 g/mol. The Hall–Kier alpha value is -0.610. The third-order valence-electron chi connectivity index (χ3n) is 1.54. The summed E-state index contributed by atoms with van der Waals surface area (Å²) in [6.45, 7) is 2.89. The molecule has 0 heterocycles. The number of aliphatic hydroxyl groups is 2. The van der Waals surface area contributed by atoms with E-state index in [1.165, 1.54) is 6.92 Å². The fourth-order valence-corrected chi connectivity index (χ4v) is 0.459. The van der Waals surface area contributed by atoms with Crippen LogP contribution in [0.5, 0.6) is 0 Å². The van der Waals surface area contributed by atoms with Crippen LogP contribution in [0.2, 0.25) is 0 Å². The van der Waals surface area contributed by atoms with Crippen LogP contribution in [0.3, 0.4) is 0 Å². The number of aliphatic carboxylic acids is 1. The van der Waals surface area contributed by atoms with Gasteiger partial charge in [0.15, 0.2) is 6.10 Å². The van der Waals surface area contributed by atoms with E-state index < -0.39 is 17.7 Å². The number of hydrogen-bond donors (Lipinski definition) is 3. The Balaban J connectivity index is 4.17. The standard InChI is InChI=1S/C6H12O4/c1-3-6(2,10)4(7)5(8)9/h4,7,10H,3H2,1-2H3,(H,8,9)/t4-,6-/m0/s1. The van der Waals surface area contributed by atoms with Crippen LogP contribution in [0.4, 0.5) is 0 Å². The molecule has 0 saturated heterocycles. The first kappa shape index (κ1) is 9.39. The Kier molecular flexibility index (Phi) is 2.80. The first-order valence-corrected chi connectivity index (χ1v) is 3.05. The van der Waals surface area contributed by atoms with Crippen molar-refractivity contribution in [1.29, 1.82) is 0 Å². The first-order chi connectivity index (χ1) is 4.41. The molecule has 0 aliphatic carbocycles. The molecule has 0 bridgehead atoms. The molecule has 0 aliphatic heterocycles. The van der Waals surface area contributed by atoms with E-state index in [2.05, 4.69) is 0 Å². The van der Waals surface area contributed by atoms with Crippen molar-refractivity contribution in [2.24, 2.45) is 0 Å². The van der Waals surface area contributed by atoms with Crippen molar-refractivity contribution in [2.45, 2.75) is 32.0 Å². The highest BCUT2D eigenvalue weighted by Crippen LogP contribution is 2.13. The van der Waals surface area contributed by atoms with Gasteiger partial charge in [-0.3, -0.25) is 0 Å². The lowest BCUT2D eigenvalue weighted by Gasteiger charge is -2.23. The SMILES string of the molecule is CC[C@](C)(O)[C@@H](O)C(=O)O. The van der Waals surface area contributed by atoms with Crippen LogP contribution in [-0.4, -0.2) is 33.0 Å². The van der Waals surface area contributed by atoms with Crippen molar-refractivity contribution in [1.82, 2.24) is 0 Å². The number of aliphatic hydroxyl groups excluding tert-OH is 1. The Labute approximate surface area is 59.1 Å². The quantitative estimate of drug-likeness (QED) is 0.508. The van der Waals surface area contributed by atoms with Gasteiger partial charge >= 0.3 is 5.97 Å². The van der Waals surface area contributed by atoms with Crippen LogP contribution in [0.15, 0.2) is 0 Å². The van der Waals surface area contributed by atoms with E-state index in [1.54, 1.807) is 6.92 Å². The number of carbonyl (C=O) groups is 1. The van der Waals surface area contributed by atoms with Crippen LogP contribution >= 0.6 is 0 Å². The molecule has 0 radical (unpaired) electrons. The van der Waals surface area contributed by atoms with Gasteiger partial charge in [-0.15, -0.1) is 0 Å². The molecule has 0 aromatic carbocycles. The average molecular weight is 148 g/mol. The molecule has 0 unspecified atom stereocenters. The highest BCUT2D eigenvalue weighted by Gasteiger charge is 2.33. The van der Waals surface area contributed by atoms with Gasteiger partial charge in [0, 0.05) is 0 Å². The van der Waals surface area contributed by atoms with Crippen molar-refractivity contribution < 1.29 is 20.1 Å². The zero-order valence-electron chi connectivity index (χ0n) is 6.03. The molecule has 0 amide bonds. The van der Waals surface area contributed by atoms with Crippen LogP contribution in [0.25, 0.3) is 0 Å². The Bertz CT molecular complexity index is 130. The summed E-state index contributed by atoms with van der Waals surface area (Å²) in [5.74, 6) is -1.40. The number of carboxylic acid groups (broad SMARTS) is 1. The lowest BCUT2D eigenvalue weighted by atomic mass is 9.96. The topological polar surface area (TPSA) is 77.8 Å². The minimum Gasteiger partial charge on any atom is -0.479 e. The van der Waals surface area contributed by atoms with Gasteiger partial charge in [0.2, 0.25) is 0 Å². The average Bonchev–Trinajstić information content (AvgIpc) is 1.86. The smallest absolute Gasteiger partial charge is 0.335 e. The second kappa shape index (κ2) is 2.98. The third-order valence-corrected chi connectivity index (χ3v) is 1.54. The van der Waals surface area contributed by atoms with Crippen LogP contribution in [0.1, 0.15) is 20.3 Å². The fourth-order valence-electron chi connectivity index (χ4n) is 0.459. The highest BCUT2D eigenvalue weighted by atomic mass is 16.4. The van der Waals surface area contributed by atoms with Crippen molar-refractivity contribution in [2.75, 3.05) is 0 Å². The van der Waals surface area contributed by atoms with Gasteiger partial charge in [-0.1, -0.05) is 6.92 Å². The molecule has 0 rings (SSSR count). The van der Waals surface area contributed by atoms with Gasteiger partial charge in [-0.2, -0.15) is 0 Å². The van der Waals surface area contributed by atoms with Gasteiger partial charge in [-0.25, -0.2) is 4.79 Å². The van der Waals surface area contributed by atoms with E-state index in [0.717, 1.165) is 0 Å². The molecule has 0 aromatic heterocycles. The molecule has 4 heteroatoms. The zero-order valence-corrected chi connectivity index (χ0v) is 6.03. The molecule has 0 fully saturated rings. The second-order valence-electron chi connectivity index (χ2n) is 2.45. The maximum atomic E-state index is 10.1. The van der Waals surface area contributed by atoms with Gasteiger partial charge < -0.3 is 15.3 Å². The molecule has 10 heavy (non-hydrogen) atoms. The molecule has 2 atom stereocenters. The maximum absolute atomic E-state index is 10.1. The van der Waals surface area contributed by atoms with Crippen molar-refractivity contribution >= 4 is 5.97 Å². The molecule has 0 saturated carbocycles. The minimum atomic E-state index is -1.70. The van der Waals surface area contributed by atoms with Crippen LogP contribution in [0, 0.1) is 0 Å². The summed E-state index contributed by atoms with van der Waals surface area (Å²) in [5.41, 5.74) is -1.52. The fraction of sp³-hybridized carbons (Fsp3) is 0.833. The predicted octanol–water partition coefficient (Wildman–Crippen LogP) is -0.407. The molecule has 0 aromatic rings. The lowest BCUT2D eigenvalue weighted by Crippen LogP contribution is -2.43. The highest BCUT2D eigenvalue weighted by molar-refractivity contribution is 5.73. The Morgan fingerprint density at radius 2 is 2.10 bits per heavy atom. The molecule has 60 valence electrons. The van der Waals surface area contributed by atoms with Crippen molar-refractivity contribution in [3.05, 3.63) is 0 Å².